The Bertz CT molecular complexity index is 849. The average Bonchev–Trinajstić information content (AvgIpc) is 2.61. The van der Waals surface area contributed by atoms with E-state index < -0.39 is 6.04 Å². The van der Waals surface area contributed by atoms with E-state index in [9.17, 15) is 14.4 Å². The Balaban J connectivity index is 2.00. The van der Waals surface area contributed by atoms with Crippen LogP contribution < -0.4 is 10.6 Å². The summed E-state index contributed by atoms with van der Waals surface area (Å²) >= 11 is 0. The van der Waals surface area contributed by atoms with Gasteiger partial charge in [0.2, 0.25) is 5.91 Å². The normalized spacial score (nSPS) is 12.2. The summed E-state index contributed by atoms with van der Waals surface area (Å²) in [6.07, 6.45) is 0. The van der Waals surface area contributed by atoms with Crippen molar-refractivity contribution < 1.29 is 14.4 Å². The largest absolute Gasteiger partial charge is 0.341 e. The van der Waals surface area contributed by atoms with E-state index in [0.717, 1.165) is 5.56 Å². The molecule has 2 aromatic rings. The molecular formula is C22H26N2O3. The van der Waals surface area contributed by atoms with Gasteiger partial charge in [-0.25, -0.2) is 0 Å². The maximum absolute atomic E-state index is 12.4. The Hall–Kier alpha value is -2.95. The fourth-order valence-corrected chi connectivity index (χ4v) is 2.53. The second kappa shape index (κ2) is 8.16. The van der Waals surface area contributed by atoms with E-state index in [-0.39, 0.29) is 23.0 Å². The van der Waals surface area contributed by atoms with E-state index in [0.29, 0.717) is 16.8 Å². The Morgan fingerprint density at radius 1 is 0.926 bits per heavy atom. The van der Waals surface area contributed by atoms with E-state index >= 15 is 0 Å². The summed E-state index contributed by atoms with van der Waals surface area (Å²) in [7, 11) is 0. The van der Waals surface area contributed by atoms with Crippen molar-refractivity contribution in [3.8, 4) is 0 Å². The van der Waals surface area contributed by atoms with Gasteiger partial charge < -0.3 is 10.6 Å². The van der Waals surface area contributed by atoms with Gasteiger partial charge in [0, 0.05) is 16.8 Å². The SMILES string of the molecule is CC(=O)c1cccc(NC(=O)C(C)NC(=O)c2ccc(C(C)(C)C)cc2)c1. The summed E-state index contributed by atoms with van der Waals surface area (Å²) in [5.41, 5.74) is 2.68. The minimum absolute atomic E-state index is 0.0105. The van der Waals surface area contributed by atoms with Gasteiger partial charge in [-0.2, -0.15) is 0 Å². The Labute approximate surface area is 160 Å². The average molecular weight is 366 g/mol. The lowest BCUT2D eigenvalue weighted by Crippen LogP contribution is -2.41. The minimum Gasteiger partial charge on any atom is -0.341 e. The molecular weight excluding hydrogens is 340 g/mol. The number of carbonyl (C=O) groups is 3. The van der Waals surface area contributed by atoms with Crippen LogP contribution in [0.15, 0.2) is 48.5 Å². The molecule has 2 amide bonds. The quantitative estimate of drug-likeness (QED) is 0.787. The van der Waals surface area contributed by atoms with Crippen molar-refractivity contribution in [3.05, 3.63) is 65.2 Å². The van der Waals surface area contributed by atoms with E-state index in [1.807, 2.05) is 12.1 Å². The van der Waals surface area contributed by atoms with Crippen molar-refractivity contribution in [1.82, 2.24) is 5.32 Å². The van der Waals surface area contributed by atoms with E-state index in [1.165, 1.54) is 6.92 Å². The zero-order valence-electron chi connectivity index (χ0n) is 16.4. The molecule has 2 aromatic carbocycles. The molecule has 2 N–H and O–H groups in total. The van der Waals surface area contributed by atoms with Gasteiger partial charge in [0.05, 0.1) is 0 Å². The van der Waals surface area contributed by atoms with Crippen LogP contribution in [0, 0.1) is 0 Å². The fourth-order valence-electron chi connectivity index (χ4n) is 2.53. The van der Waals surface area contributed by atoms with Gasteiger partial charge in [-0.3, -0.25) is 14.4 Å². The summed E-state index contributed by atoms with van der Waals surface area (Å²) in [6, 6.07) is 13.3. The molecule has 0 fully saturated rings. The highest BCUT2D eigenvalue weighted by molar-refractivity contribution is 6.02. The van der Waals surface area contributed by atoms with Gasteiger partial charge >= 0.3 is 0 Å². The summed E-state index contributed by atoms with van der Waals surface area (Å²) in [5, 5.41) is 5.41. The molecule has 0 heterocycles. The van der Waals surface area contributed by atoms with Crippen LogP contribution >= 0.6 is 0 Å². The Kier molecular flexibility index (Phi) is 6.16. The smallest absolute Gasteiger partial charge is 0.251 e. The molecule has 2 rings (SSSR count). The number of hydrogen-bond donors (Lipinski definition) is 2. The molecule has 0 aliphatic heterocycles. The first-order valence-corrected chi connectivity index (χ1v) is 8.91. The molecule has 0 bridgehead atoms. The third-order valence-electron chi connectivity index (χ3n) is 4.29. The third kappa shape index (κ3) is 5.51. The molecule has 0 aliphatic rings. The molecule has 0 saturated heterocycles. The second-order valence-corrected chi connectivity index (χ2v) is 7.65. The predicted octanol–water partition coefficient (Wildman–Crippen LogP) is 3.94. The number of ketones is 1. The van der Waals surface area contributed by atoms with Crippen LogP contribution in [0.1, 0.15) is 60.9 Å². The summed E-state index contributed by atoms with van der Waals surface area (Å²) in [5.74, 6) is -0.739. The molecule has 0 spiro atoms. The lowest BCUT2D eigenvalue weighted by molar-refractivity contribution is -0.117. The molecule has 1 atom stereocenters. The van der Waals surface area contributed by atoms with Crippen molar-refractivity contribution in [3.63, 3.8) is 0 Å². The van der Waals surface area contributed by atoms with E-state index in [1.54, 1.807) is 43.3 Å². The number of rotatable bonds is 5. The number of anilines is 1. The summed E-state index contributed by atoms with van der Waals surface area (Å²) in [4.78, 5) is 36.2. The Morgan fingerprint density at radius 3 is 2.11 bits per heavy atom. The lowest BCUT2D eigenvalue weighted by atomic mass is 9.86. The van der Waals surface area contributed by atoms with Crippen LogP contribution in [0.4, 0.5) is 5.69 Å². The Morgan fingerprint density at radius 2 is 1.56 bits per heavy atom. The first-order valence-electron chi connectivity index (χ1n) is 8.91. The molecule has 27 heavy (non-hydrogen) atoms. The van der Waals surface area contributed by atoms with Gasteiger partial charge in [0.1, 0.15) is 6.04 Å². The van der Waals surface area contributed by atoms with Crippen molar-refractivity contribution in [1.29, 1.82) is 0 Å². The second-order valence-electron chi connectivity index (χ2n) is 7.65. The van der Waals surface area contributed by atoms with Crippen molar-refractivity contribution in [2.75, 3.05) is 5.32 Å². The predicted molar refractivity (Wildman–Crippen MR) is 107 cm³/mol. The van der Waals surface area contributed by atoms with E-state index in [2.05, 4.69) is 31.4 Å². The minimum atomic E-state index is -0.722. The third-order valence-corrected chi connectivity index (χ3v) is 4.29. The fraction of sp³-hybridized carbons (Fsp3) is 0.318. The molecule has 5 heteroatoms. The van der Waals surface area contributed by atoms with Gasteiger partial charge in [-0.1, -0.05) is 45.0 Å². The molecule has 0 aliphatic carbocycles. The molecule has 142 valence electrons. The summed E-state index contributed by atoms with van der Waals surface area (Å²) < 4.78 is 0. The van der Waals surface area contributed by atoms with Crippen molar-refractivity contribution >= 4 is 23.3 Å². The van der Waals surface area contributed by atoms with Gasteiger partial charge in [0.15, 0.2) is 5.78 Å². The van der Waals surface area contributed by atoms with Crippen molar-refractivity contribution in [2.24, 2.45) is 0 Å². The number of hydrogen-bond acceptors (Lipinski definition) is 3. The van der Waals surface area contributed by atoms with Crippen LogP contribution in [0.3, 0.4) is 0 Å². The zero-order chi connectivity index (χ0) is 20.2. The van der Waals surface area contributed by atoms with Gasteiger partial charge in [0.25, 0.3) is 5.91 Å². The number of carbonyl (C=O) groups excluding carboxylic acids is 3. The van der Waals surface area contributed by atoms with Gasteiger partial charge in [-0.05, 0) is 49.1 Å². The van der Waals surface area contributed by atoms with Crippen molar-refractivity contribution in [2.45, 2.75) is 46.1 Å². The first kappa shape index (κ1) is 20.4. The zero-order valence-corrected chi connectivity index (χ0v) is 16.4. The molecule has 1 unspecified atom stereocenters. The number of nitrogens with one attached hydrogen (secondary N) is 2. The maximum Gasteiger partial charge on any atom is 0.251 e. The van der Waals surface area contributed by atoms with Crippen LogP contribution in [0.2, 0.25) is 0 Å². The van der Waals surface area contributed by atoms with Crippen LogP contribution in [-0.2, 0) is 10.2 Å². The van der Waals surface area contributed by atoms with Gasteiger partial charge in [-0.15, -0.1) is 0 Å². The number of benzene rings is 2. The molecule has 0 saturated carbocycles. The monoisotopic (exact) mass is 366 g/mol. The highest BCUT2D eigenvalue weighted by atomic mass is 16.2. The topological polar surface area (TPSA) is 75.3 Å². The number of amides is 2. The standard InChI is InChI=1S/C22H26N2O3/c1-14(20(26)24-19-8-6-7-17(13-19)15(2)25)23-21(27)16-9-11-18(12-10-16)22(3,4)5/h6-14H,1-5H3,(H,23,27)(H,24,26). The van der Waals surface area contributed by atoms with Crippen LogP contribution in [0.5, 0.6) is 0 Å². The number of Topliss-reactive ketones (excluding diaryl/α,β-unsaturated/α-hetero) is 1. The maximum atomic E-state index is 12.4. The first-order chi connectivity index (χ1) is 12.6. The summed E-state index contributed by atoms with van der Waals surface area (Å²) in [6.45, 7) is 9.40. The highest BCUT2D eigenvalue weighted by Crippen LogP contribution is 2.22. The molecule has 5 nitrogen and oxygen atoms in total. The lowest BCUT2D eigenvalue weighted by Gasteiger charge is -2.19. The highest BCUT2D eigenvalue weighted by Gasteiger charge is 2.18. The molecule has 0 radical (unpaired) electrons. The van der Waals surface area contributed by atoms with Crippen LogP contribution in [-0.4, -0.2) is 23.6 Å². The van der Waals surface area contributed by atoms with Crippen LogP contribution in [0.25, 0.3) is 0 Å². The molecule has 0 aromatic heterocycles. The van der Waals surface area contributed by atoms with E-state index in [4.69, 9.17) is 0 Å².